The number of hydrogen-bond donors (Lipinski definition) is 2. The van der Waals surface area contributed by atoms with Gasteiger partial charge in [-0.3, -0.25) is 4.79 Å². The lowest BCUT2D eigenvalue weighted by atomic mass is 9.96. The van der Waals surface area contributed by atoms with Gasteiger partial charge in [0.25, 0.3) is 0 Å². The van der Waals surface area contributed by atoms with E-state index in [0.29, 0.717) is 30.8 Å². The van der Waals surface area contributed by atoms with Crippen LogP contribution in [-0.2, 0) is 4.79 Å². The van der Waals surface area contributed by atoms with Crippen LogP contribution in [0.1, 0.15) is 30.9 Å². The number of carbonyl (C=O) groups is 1. The lowest BCUT2D eigenvalue weighted by Gasteiger charge is -2.30. The van der Waals surface area contributed by atoms with Crippen molar-refractivity contribution in [2.45, 2.75) is 25.4 Å². The lowest BCUT2D eigenvalue weighted by molar-refractivity contribution is -0.143. The molecular formula is C17H25NO5. The second-order valence-electron chi connectivity index (χ2n) is 5.87. The Hall–Kier alpha value is -1.79. The van der Waals surface area contributed by atoms with E-state index in [-0.39, 0.29) is 5.92 Å². The largest absolute Gasteiger partial charge is 0.497 e. The number of hydrogen-bond acceptors (Lipinski definition) is 5. The summed E-state index contributed by atoms with van der Waals surface area (Å²) in [6.07, 6.45) is 1.32. The third kappa shape index (κ3) is 4.59. The van der Waals surface area contributed by atoms with E-state index in [2.05, 4.69) is 4.90 Å². The predicted molar refractivity (Wildman–Crippen MR) is 85.9 cm³/mol. The van der Waals surface area contributed by atoms with E-state index in [1.54, 1.807) is 26.4 Å². The van der Waals surface area contributed by atoms with Gasteiger partial charge in [-0.15, -0.1) is 0 Å². The van der Waals surface area contributed by atoms with E-state index < -0.39 is 12.1 Å². The maximum Gasteiger partial charge on any atom is 0.306 e. The average molecular weight is 323 g/mol. The van der Waals surface area contributed by atoms with Crippen molar-refractivity contribution in [1.82, 2.24) is 4.90 Å². The van der Waals surface area contributed by atoms with Crippen LogP contribution in [0.4, 0.5) is 0 Å². The molecule has 1 fully saturated rings. The highest BCUT2D eigenvalue weighted by molar-refractivity contribution is 5.70. The number of aliphatic carboxylic acids is 1. The molecule has 1 atom stereocenters. The Morgan fingerprint density at radius 2 is 2.00 bits per heavy atom. The SMILES string of the molecule is COc1ccc(C(O)CCN2CCC(C(=O)O)CC2)c(OC)c1. The summed E-state index contributed by atoms with van der Waals surface area (Å²) in [6, 6.07) is 5.38. The first kappa shape index (κ1) is 17.6. The van der Waals surface area contributed by atoms with Gasteiger partial charge in [-0.05, 0) is 44.5 Å². The Kier molecular flexibility index (Phi) is 6.24. The van der Waals surface area contributed by atoms with Crippen molar-refractivity contribution < 1.29 is 24.5 Å². The van der Waals surface area contributed by atoms with E-state index in [1.807, 2.05) is 6.07 Å². The van der Waals surface area contributed by atoms with Gasteiger partial charge in [-0.2, -0.15) is 0 Å². The molecule has 1 aromatic rings. The molecule has 6 nitrogen and oxygen atoms in total. The van der Waals surface area contributed by atoms with Crippen molar-refractivity contribution in [3.63, 3.8) is 0 Å². The fourth-order valence-corrected chi connectivity index (χ4v) is 2.96. The minimum Gasteiger partial charge on any atom is -0.497 e. The minimum absolute atomic E-state index is 0.224. The molecule has 2 N–H and O–H groups in total. The van der Waals surface area contributed by atoms with Gasteiger partial charge in [0.15, 0.2) is 0 Å². The quantitative estimate of drug-likeness (QED) is 0.798. The first-order chi connectivity index (χ1) is 11.0. The zero-order valence-electron chi connectivity index (χ0n) is 13.7. The molecule has 1 aliphatic rings. The first-order valence-electron chi connectivity index (χ1n) is 7.90. The fraction of sp³-hybridized carbons (Fsp3) is 0.588. The molecule has 0 radical (unpaired) electrons. The third-order valence-electron chi connectivity index (χ3n) is 4.46. The van der Waals surface area contributed by atoms with Gasteiger partial charge >= 0.3 is 5.97 Å². The van der Waals surface area contributed by atoms with Gasteiger partial charge in [0.2, 0.25) is 0 Å². The van der Waals surface area contributed by atoms with E-state index in [9.17, 15) is 9.90 Å². The molecule has 0 spiro atoms. The van der Waals surface area contributed by atoms with Crippen LogP contribution in [0.25, 0.3) is 0 Å². The van der Waals surface area contributed by atoms with Crippen LogP contribution < -0.4 is 9.47 Å². The van der Waals surface area contributed by atoms with Crippen LogP contribution in [-0.4, -0.2) is 54.9 Å². The molecule has 1 aromatic carbocycles. The summed E-state index contributed by atoms with van der Waals surface area (Å²) >= 11 is 0. The first-order valence-corrected chi connectivity index (χ1v) is 7.90. The lowest BCUT2D eigenvalue weighted by Crippen LogP contribution is -2.37. The molecule has 0 bridgehead atoms. The highest BCUT2D eigenvalue weighted by Gasteiger charge is 2.25. The summed E-state index contributed by atoms with van der Waals surface area (Å²) in [5.41, 5.74) is 0.744. The second-order valence-corrected chi connectivity index (χ2v) is 5.87. The monoisotopic (exact) mass is 323 g/mol. The smallest absolute Gasteiger partial charge is 0.306 e. The molecule has 1 heterocycles. The number of aliphatic hydroxyl groups is 1. The van der Waals surface area contributed by atoms with Gasteiger partial charge in [0.1, 0.15) is 11.5 Å². The molecule has 1 aliphatic heterocycles. The Balaban J connectivity index is 1.88. The van der Waals surface area contributed by atoms with Crippen LogP contribution in [0, 0.1) is 5.92 Å². The van der Waals surface area contributed by atoms with E-state index >= 15 is 0 Å². The normalized spacial score (nSPS) is 17.7. The maximum atomic E-state index is 11.0. The zero-order valence-corrected chi connectivity index (χ0v) is 13.7. The van der Waals surface area contributed by atoms with Crippen molar-refractivity contribution in [3.8, 4) is 11.5 Å². The fourth-order valence-electron chi connectivity index (χ4n) is 2.96. The van der Waals surface area contributed by atoms with E-state index in [4.69, 9.17) is 14.6 Å². The molecule has 0 aromatic heterocycles. The molecular weight excluding hydrogens is 298 g/mol. The second kappa shape index (κ2) is 8.17. The molecule has 2 rings (SSSR count). The summed E-state index contributed by atoms with van der Waals surface area (Å²) in [7, 11) is 3.16. The number of piperidine rings is 1. The topological polar surface area (TPSA) is 79.2 Å². The number of ether oxygens (including phenoxy) is 2. The average Bonchev–Trinajstić information content (AvgIpc) is 2.59. The molecule has 1 unspecified atom stereocenters. The predicted octanol–water partition coefficient (Wildman–Crippen LogP) is 1.92. The van der Waals surface area contributed by atoms with Gasteiger partial charge in [-0.1, -0.05) is 0 Å². The number of aliphatic hydroxyl groups excluding tert-OH is 1. The summed E-state index contributed by atoms with van der Waals surface area (Å²) in [5, 5.41) is 19.4. The van der Waals surface area contributed by atoms with Crippen molar-refractivity contribution in [3.05, 3.63) is 23.8 Å². The molecule has 6 heteroatoms. The Morgan fingerprint density at radius 3 is 2.57 bits per heavy atom. The molecule has 128 valence electrons. The van der Waals surface area contributed by atoms with E-state index in [0.717, 1.165) is 25.2 Å². The van der Waals surface area contributed by atoms with E-state index in [1.165, 1.54) is 0 Å². The molecule has 23 heavy (non-hydrogen) atoms. The number of nitrogens with zero attached hydrogens (tertiary/aromatic N) is 1. The zero-order chi connectivity index (χ0) is 16.8. The summed E-state index contributed by atoms with van der Waals surface area (Å²) in [5.74, 6) is 0.375. The summed E-state index contributed by atoms with van der Waals surface area (Å²) < 4.78 is 10.5. The number of rotatable bonds is 7. The number of likely N-dealkylation sites (tertiary alicyclic amines) is 1. The highest BCUT2D eigenvalue weighted by Crippen LogP contribution is 2.31. The van der Waals surface area contributed by atoms with Crippen LogP contribution in [0.15, 0.2) is 18.2 Å². The molecule has 0 aliphatic carbocycles. The number of methoxy groups -OCH3 is 2. The Labute approximate surface area is 136 Å². The van der Waals surface area contributed by atoms with Crippen LogP contribution in [0.3, 0.4) is 0 Å². The number of carboxylic acids is 1. The molecule has 0 amide bonds. The van der Waals surface area contributed by atoms with Crippen molar-refractivity contribution in [2.24, 2.45) is 5.92 Å². The molecule has 1 saturated heterocycles. The van der Waals surface area contributed by atoms with Crippen LogP contribution in [0.5, 0.6) is 11.5 Å². The number of carboxylic acid groups (broad SMARTS) is 1. The van der Waals surface area contributed by atoms with Gasteiger partial charge in [-0.25, -0.2) is 0 Å². The van der Waals surface area contributed by atoms with Crippen LogP contribution in [0.2, 0.25) is 0 Å². The van der Waals surface area contributed by atoms with Crippen molar-refractivity contribution in [1.29, 1.82) is 0 Å². The summed E-state index contributed by atoms with van der Waals surface area (Å²) in [4.78, 5) is 13.2. The molecule has 0 saturated carbocycles. The van der Waals surface area contributed by atoms with Gasteiger partial charge in [0.05, 0.1) is 26.2 Å². The minimum atomic E-state index is -0.701. The number of benzene rings is 1. The third-order valence-corrected chi connectivity index (χ3v) is 4.46. The van der Waals surface area contributed by atoms with Crippen molar-refractivity contribution >= 4 is 5.97 Å². The summed E-state index contributed by atoms with van der Waals surface area (Å²) in [6.45, 7) is 2.27. The Bertz CT molecular complexity index is 526. The highest BCUT2D eigenvalue weighted by atomic mass is 16.5. The van der Waals surface area contributed by atoms with Gasteiger partial charge < -0.3 is 24.6 Å². The Morgan fingerprint density at radius 1 is 1.30 bits per heavy atom. The van der Waals surface area contributed by atoms with Gasteiger partial charge in [0, 0.05) is 18.2 Å². The standard InChI is InChI=1S/C17H25NO5/c1-22-13-3-4-14(16(11-13)23-2)15(19)7-10-18-8-5-12(6-9-18)17(20)21/h3-4,11-12,15,19H,5-10H2,1-2H3,(H,20,21). The van der Waals surface area contributed by atoms with Crippen molar-refractivity contribution in [2.75, 3.05) is 33.9 Å². The van der Waals surface area contributed by atoms with Crippen LogP contribution >= 0.6 is 0 Å². The maximum absolute atomic E-state index is 11.0.